The molecule has 3 N–H and O–H groups in total. The molecule has 3 aromatic rings. The summed E-state index contributed by atoms with van der Waals surface area (Å²) in [6, 6.07) is 9.88. The fourth-order valence-electron chi connectivity index (χ4n) is 4.23. The van der Waals surface area contributed by atoms with Gasteiger partial charge >= 0.3 is 11.9 Å². The number of aromatic carboxylic acids is 1. The Hall–Kier alpha value is -3.34. The zero-order chi connectivity index (χ0) is 21.6. The van der Waals surface area contributed by atoms with E-state index in [9.17, 15) is 25.1 Å². The van der Waals surface area contributed by atoms with Crippen molar-refractivity contribution in [2.45, 2.75) is 25.4 Å². The Bertz CT molecular complexity index is 1240. The van der Waals surface area contributed by atoms with E-state index in [1.54, 1.807) is 25.1 Å². The first-order valence-corrected chi connectivity index (χ1v) is 9.60. The van der Waals surface area contributed by atoms with Crippen LogP contribution in [0, 0.1) is 18.3 Å². The van der Waals surface area contributed by atoms with Crippen LogP contribution in [0.15, 0.2) is 30.3 Å². The SMILES string of the molecule is Cc1cc(Cl)c2[nH]c3c(c2c1C#N)CCOC3(CC(=O)O)c1ccc(C(=O)O)cc1. The van der Waals surface area contributed by atoms with E-state index in [0.717, 1.165) is 11.1 Å². The van der Waals surface area contributed by atoms with Crippen LogP contribution in [0.25, 0.3) is 10.9 Å². The Labute approximate surface area is 176 Å². The maximum Gasteiger partial charge on any atom is 0.335 e. The van der Waals surface area contributed by atoms with Gasteiger partial charge in [-0.15, -0.1) is 0 Å². The number of fused-ring (bicyclic) bond motifs is 3. The zero-order valence-corrected chi connectivity index (χ0v) is 16.7. The van der Waals surface area contributed by atoms with Gasteiger partial charge < -0.3 is 19.9 Å². The molecule has 0 radical (unpaired) electrons. The van der Waals surface area contributed by atoms with E-state index in [1.807, 2.05) is 0 Å². The molecule has 0 spiro atoms. The summed E-state index contributed by atoms with van der Waals surface area (Å²) in [7, 11) is 0. The number of rotatable bonds is 4. The molecule has 152 valence electrons. The number of nitriles is 1. The first-order valence-electron chi connectivity index (χ1n) is 9.22. The fourth-order valence-corrected chi connectivity index (χ4v) is 4.53. The minimum atomic E-state index is -1.36. The smallest absolute Gasteiger partial charge is 0.335 e. The Morgan fingerprint density at radius 1 is 1.30 bits per heavy atom. The molecule has 4 rings (SSSR count). The van der Waals surface area contributed by atoms with E-state index in [-0.39, 0.29) is 18.6 Å². The number of carboxylic acid groups (broad SMARTS) is 2. The van der Waals surface area contributed by atoms with Crippen LogP contribution in [-0.2, 0) is 21.6 Å². The van der Waals surface area contributed by atoms with E-state index >= 15 is 0 Å². The molecule has 8 heteroatoms. The van der Waals surface area contributed by atoms with Crippen molar-refractivity contribution in [1.82, 2.24) is 4.98 Å². The highest BCUT2D eigenvalue weighted by molar-refractivity contribution is 6.35. The van der Waals surface area contributed by atoms with Crippen molar-refractivity contribution in [2.75, 3.05) is 6.61 Å². The van der Waals surface area contributed by atoms with Crippen LogP contribution in [0.1, 0.15) is 44.7 Å². The lowest BCUT2D eigenvalue weighted by Gasteiger charge is -2.37. The lowest BCUT2D eigenvalue weighted by molar-refractivity contribution is -0.144. The predicted molar refractivity (Wildman–Crippen MR) is 109 cm³/mol. The monoisotopic (exact) mass is 424 g/mol. The maximum absolute atomic E-state index is 11.8. The van der Waals surface area contributed by atoms with Crippen molar-refractivity contribution in [3.63, 3.8) is 0 Å². The number of carbonyl (C=O) groups is 2. The summed E-state index contributed by atoms with van der Waals surface area (Å²) in [6.07, 6.45) is 0.107. The number of nitrogens with one attached hydrogen (secondary N) is 1. The standard InChI is InChI=1S/C22H17ClN2O5/c1-11-8-16(23)19-18(15(11)10-24)14-6-7-30-22(9-17(26)27,20(14)25-19)13-4-2-12(3-5-13)21(28)29/h2-5,8,25H,6-7,9H2,1H3,(H,26,27)(H,28,29). The van der Waals surface area contributed by atoms with Crippen molar-refractivity contribution in [2.24, 2.45) is 0 Å². The molecule has 2 heterocycles. The first-order chi connectivity index (χ1) is 14.3. The van der Waals surface area contributed by atoms with Crippen molar-refractivity contribution in [3.05, 3.63) is 68.9 Å². The molecule has 0 fully saturated rings. The number of aromatic amines is 1. The second-order valence-corrected chi connectivity index (χ2v) is 7.68. The van der Waals surface area contributed by atoms with Gasteiger partial charge in [-0.2, -0.15) is 5.26 Å². The van der Waals surface area contributed by atoms with Crippen LogP contribution in [-0.4, -0.2) is 33.7 Å². The largest absolute Gasteiger partial charge is 0.481 e. The average Bonchev–Trinajstić information content (AvgIpc) is 3.09. The number of aliphatic carboxylic acids is 1. The first kappa shape index (κ1) is 20.0. The van der Waals surface area contributed by atoms with E-state index in [0.29, 0.717) is 39.2 Å². The number of hydrogen-bond acceptors (Lipinski definition) is 4. The van der Waals surface area contributed by atoms with Gasteiger partial charge in [0.1, 0.15) is 11.7 Å². The van der Waals surface area contributed by atoms with E-state index in [4.69, 9.17) is 16.3 Å². The van der Waals surface area contributed by atoms with Crippen LogP contribution in [0.5, 0.6) is 0 Å². The number of ether oxygens (including phenoxy) is 1. The predicted octanol–water partition coefficient (Wildman–Crippen LogP) is 3.99. The minimum Gasteiger partial charge on any atom is -0.481 e. The third-order valence-corrected chi connectivity index (χ3v) is 5.84. The number of hydrogen-bond donors (Lipinski definition) is 3. The number of aromatic nitrogens is 1. The second kappa shape index (κ2) is 7.17. The zero-order valence-electron chi connectivity index (χ0n) is 16.0. The van der Waals surface area contributed by atoms with Crippen molar-refractivity contribution >= 4 is 34.4 Å². The highest BCUT2D eigenvalue weighted by Crippen LogP contribution is 2.46. The van der Waals surface area contributed by atoms with Crippen LogP contribution < -0.4 is 0 Å². The average molecular weight is 425 g/mol. The molecule has 7 nitrogen and oxygen atoms in total. The third-order valence-electron chi connectivity index (χ3n) is 5.54. The molecule has 30 heavy (non-hydrogen) atoms. The van der Waals surface area contributed by atoms with Crippen molar-refractivity contribution < 1.29 is 24.5 Å². The third kappa shape index (κ3) is 2.93. The molecule has 0 saturated carbocycles. The van der Waals surface area contributed by atoms with Crippen LogP contribution >= 0.6 is 11.6 Å². The van der Waals surface area contributed by atoms with Gasteiger partial charge in [0.15, 0.2) is 0 Å². The summed E-state index contributed by atoms with van der Waals surface area (Å²) in [4.78, 5) is 26.3. The normalized spacial score (nSPS) is 18.0. The molecule has 1 aromatic heterocycles. The van der Waals surface area contributed by atoms with Gasteiger partial charge in [-0.05, 0) is 48.2 Å². The summed E-state index contributed by atoms with van der Waals surface area (Å²) in [5, 5.41) is 29.7. The molecule has 1 unspecified atom stereocenters. The van der Waals surface area contributed by atoms with E-state index in [1.165, 1.54) is 12.1 Å². The number of benzene rings is 2. The van der Waals surface area contributed by atoms with Gasteiger partial charge in [0.25, 0.3) is 0 Å². The molecule has 1 aliphatic heterocycles. The summed E-state index contributed by atoms with van der Waals surface area (Å²) < 4.78 is 6.08. The Kier molecular flexibility index (Phi) is 4.77. The summed E-state index contributed by atoms with van der Waals surface area (Å²) in [5.74, 6) is -2.16. The number of H-pyrrole nitrogens is 1. The van der Waals surface area contributed by atoms with E-state index < -0.39 is 17.5 Å². The Morgan fingerprint density at radius 2 is 2.00 bits per heavy atom. The summed E-state index contributed by atoms with van der Waals surface area (Å²) >= 11 is 6.45. The molecule has 0 amide bonds. The Balaban J connectivity index is 2.04. The fraction of sp³-hybridized carbons (Fsp3) is 0.227. The summed E-state index contributed by atoms with van der Waals surface area (Å²) in [6.45, 7) is 2.04. The lowest BCUT2D eigenvalue weighted by atomic mass is 9.81. The van der Waals surface area contributed by atoms with Gasteiger partial charge in [-0.3, -0.25) is 4.79 Å². The topological polar surface area (TPSA) is 123 Å². The van der Waals surface area contributed by atoms with Crippen LogP contribution in [0.4, 0.5) is 0 Å². The number of aryl methyl sites for hydroxylation is 1. The second-order valence-electron chi connectivity index (χ2n) is 7.27. The number of halogens is 1. The molecular weight excluding hydrogens is 408 g/mol. The molecule has 1 aliphatic rings. The number of carboxylic acids is 2. The molecule has 0 aliphatic carbocycles. The van der Waals surface area contributed by atoms with E-state index in [2.05, 4.69) is 11.1 Å². The van der Waals surface area contributed by atoms with Gasteiger partial charge in [-0.25, -0.2) is 4.79 Å². The summed E-state index contributed by atoms with van der Waals surface area (Å²) in [5.41, 5.74) is 2.33. The Morgan fingerprint density at radius 3 is 2.60 bits per heavy atom. The molecule has 0 saturated heterocycles. The highest BCUT2D eigenvalue weighted by Gasteiger charge is 2.44. The molecule has 1 atom stereocenters. The molecular formula is C22H17ClN2O5. The molecule has 0 bridgehead atoms. The lowest BCUT2D eigenvalue weighted by Crippen LogP contribution is -2.39. The quantitative estimate of drug-likeness (QED) is 0.581. The minimum absolute atomic E-state index is 0.0855. The van der Waals surface area contributed by atoms with Gasteiger partial charge in [0.05, 0.1) is 40.4 Å². The van der Waals surface area contributed by atoms with Gasteiger partial charge in [0, 0.05) is 5.39 Å². The maximum atomic E-state index is 11.8. The van der Waals surface area contributed by atoms with Crippen LogP contribution in [0.3, 0.4) is 0 Å². The van der Waals surface area contributed by atoms with Crippen molar-refractivity contribution in [1.29, 1.82) is 5.26 Å². The van der Waals surface area contributed by atoms with Crippen LogP contribution in [0.2, 0.25) is 5.02 Å². The van der Waals surface area contributed by atoms with Gasteiger partial charge in [0.2, 0.25) is 0 Å². The number of nitrogens with zero attached hydrogens (tertiary/aromatic N) is 1. The van der Waals surface area contributed by atoms with Crippen molar-refractivity contribution in [3.8, 4) is 6.07 Å². The molecule has 2 aromatic carbocycles. The van der Waals surface area contributed by atoms with Gasteiger partial charge in [-0.1, -0.05) is 23.7 Å². The highest BCUT2D eigenvalue weighted by atomic mass is 35.5.